The molecule has 1 aliphatic heterocycles. The lowest BCUT2D eigenvalue weighted by Crippen LogP contribution is -2.57. The molecule has 0 bridgehead atoms. The molecule has 1 amide bonds. The molecule has 1 rings (SSSR count). The van der Waals surface area contributed by atoms with Crippen LogP contribution in [0.1, 0.15) is 34.6 Å². The van der Waals surface area contributed by atoms with E-state index in [-0.39, 0.29) is 12.1 Å². The molecule has 0 aliphatic carbocycles. The maximum absolute atomic E-state index is 11.8. The molecule has 4 nitrogen and oxygen atoms in total. The first-order chi connectivity index (χ1) is 6.79. The van der Waals surface area contributed by atoms with Gasteiger partial charge in [-0.2, -0.15) is 0 Å². The fourth-order valence-corrected chi connectivity index (χ4v) is 1.60. The molecule has 0 saturated carbocycles. The van der Waals surface area contributed by atoms with Crippen molar-refractivity contribution in [1.82, 2.24) is 10.2 Å². The number of carbonyl (C=O) groups is 1. The second kappa shape index (κ2) is 4.39. The number of hydrogen-bond donors (Lipinski definition) is 1. The van der Waals surface area contributed by atoms with Crippen LogP contribution < -0.4 is 5.32 Å². The van der Waals surface area contributed by atoms with Crippen LogP contribution in [0, 0.1) is 0 Å². The smallest absolute Gasteiger partial charge is 0.410 e. The average molecular weight is 214 g/mol. The highest BCUT2D eigenvalue weighted by Gasteiger charge is 2.29. The first-order valence-electron chi connectivity index (χ1n) is 5.52. The van der Waals surface area contributed by atoms with Gasteiger partial charge in [0.05, 0.1) is 0 Å². The van der Waals surface area contributed by atoms with Gasteiger partial charge in [0.25, 0.3) is 0 Å². The van der Waals surface area contributed by atoms with E-state index in [0.717, 1.165) is 13.1 Å². The SMILES string of the molecule is C[C@@H]1CN(C(=O)OC(C)(C)C)[C@H](C)CN1. The number of piperazine rings is 1. The summed E-state index contributed by atoms with van der Waals surface area (Å²) in [7, 11) is 0. The van der Waals surface area contributed by atoms with E-state index in [0.29, 0.717) is 6.04 Å². The zero-order chi connectivity index (χ0) is 11.6. The third kappa shape index (κ3) is 3.70. The van der Waals surface area contributed by atoms with E-state index in [9.17, 15) is 4.79 Å². The summed E-state index contributed by atoms with van der Waals surface area (Å²) in [4.78, 5) is 13.6. The molecule has 0 aromatic heterocycles. The molecule has 0 unspecified atom stereocenters. The van der Waals surface area contributed by atoms with Crippen LogP contribution in [0.25, 0.3) is 0 Å². The fraction of sp³-hybridized carbons (Fsp3) is 0.909. The zero-order valence-electron chi connectivity index (χ0n) is 10.3. The Morgan fingerprint density at radius 3 is 2.53 bits per heavy atom. The van der Waals surface area contributed by atoms with Crippen LogP contribution in [-0.4, -0.2) is 41.8 Å². The monoisotopic (exact) mass is 214 g/mol. The van der Waals surface area contributed by atoms with Crippen LogP contribution in [0.4, 0.5) is 4.79 Å². The number of hydrogen-bond acceptors (Lipinski definition) is 3. The summed E-state index contributed by atoms with van der Waals surface area (Å²) < 4.78 is 5.36. The molecule has 88 valence electrons. The summed E-state index contributed by atoms with van der Waals surface area (Å²) >= 11 is 0. The van der Waals surface area contributed by atoms with E-state index >= 15 is 0 Å². The molecular formula is C11H22N2O2. The van der Waals surface area contributed by atoms with Crippen molar-refractivity contribution >= 4 is 6.09 Å². The molecule has 0 spiro atoms. The minimum absolute atomic E-state index is 0.205. The summed E-state index contributed by atoms with van der Waals surface area (Å²) in [6.07, 6.45) is -0.205. The van der Waals surface area contributed by atoms with Crippen molar-refractivity contribution in [2.24, 2.45) is 0 Å². The van der Waals surface area contributed by atoms with Gasteiger partial charge in [0, 0.05) is 25.2 Å². The van der Waals surface area contributed by atoms with Crippen molar-refractivity contribution in [2.75, 3.05) is 13.1 Å². The summed E-state index contributed by atoms with van der Waals surface area (Å²) in [5, 5.41) is 3.33. The first kappa shape index (κ1) is 12.3. The number of nitrogens with one attached hydrogen (secondary N) is 1. The standard InChI is InChI=1S/C11H22N2O2/c1-8-7-13(9(2)6-12-8)10(14)15-11(3,4)5/h8-9,12H,6-7H2,1-5H3/t8-,9-/m1/s1. The highest BCUT2D eigenvalue weighted by molar-refractivity contribution is 5.68. The molecular weight excluding hydrogens is 192 g/mol. The first-order valence-corrected chi connectivity index (χ1v) is 5.52. The number of carbonyl (C=O) groups excluding carboxylic acids is 1. The summed E-state index contributed by atoms with van der Waals surface area (Å²) in [5.74, 6) is 0. The Bertz CT molecular complexity index is 235. The largest absolute Gasteiger partial charge is 0.444 e. The van der Waals surface area contributed by atoms with Gasteiger partial charge in [0.2, 0.25) is 0 Å². The fourth-order valence-electron chi connectivity index (χ4n) is 1.60. The number of rotatable bonds is 0. The van der Waals surface area contributed by atoms with Gasteiger partial charge in [-0.3, -0.25) is 0 Å². The molecule has 2 atom stereocenters. The molecule has 0 radical (unpaired) electrons. The van der Waals surface area contributed by atoms with Crippen molar-refractivity contribution in [3.8, 4) is 0 Å². The van der Waals surface area contributed by atoms with Crippen molar-refractivity contribution < 1.29 is 9.53 Å². The Kier molecular flexibility index (Phi) is 3.60. The molecule has 1 fully saturated rings. The maximum Gasteiger partial charge on any atom is 0.410 e. The quantitative estimate of drug-likeness (QED) is 0.666. The van der Waals surface area contributed by atoms with Crippen molar-refractivity contribution in [1.29, 1.82) is 0 Å². The molecule has 15 heavy (non-hydrogen) atoms. The highest BCUT2D eigenvalue weighted by atomic mass is 16.6. The lowest BCUT2D eigenvalue weighted by atomic mass is 10.1. The molecule has 1 N–H and O–H groups in total. The van der Waals surface area contributed by atoms with Gasteiger partial charge >= 0.3 is 6.09 Å². The third-order valence-corrected chi connectivity index (χ3v) is 2.39. The Balaban J connectivity index is 2.57. The third-order valence-electron chi connectivity index (χ3n) is 2.39. The van der Waals surface area contributed by atoms with Crippen LogP contribution in [-0.2, 0) is 4.74 Å². The van der Waals surface area contributed by atoms with Gasteiger partial charge in [0.15, 0.2) is 0 Å². The normalized spacial score (nSPS) is 27.7. The van der Waals surface area contributed by atoms with E-state index in [1.165, 1.54) is 0 Å². The number of ether oxygens (including phenoxy) is 1. The molecule has 4 heteroatoms. The zero-order valence-corrected chi connectivity index (χ0v) is 10.3. The summed E-state index contributed by atoms with van der Waals surface area (Å²) in [5.41, 5.74) is -0.412. The van der Waals surface area contributed by atoms with Gasteiger partial charge in [-0.1, -0.05) is 0 Å². The van der Waals surface area contributed by atoms with Gasteiger partial charge < -0.3 is 15.0 Å². The topological polar surface area (TPSA) is 41.6 Å². The van der Waals surface area contributed by atoms with E-state index in [4.69, 9.17) is 4.74 Å². The molecule has 1 aliphatic rings. The Morgan fingerprint density at radius 2 is 2.00 bits per heavy atom. The lowest BCUT2D eigenvalue weighted by Gasteiger charge is -2.38. The van der Waals surface area contributed by atoms with Crippen LogP contribution in [0.2, 0.25) is 0 Å². The molecule has 1 saturated heterocycles. The van der Waals surface area contributed by atoms with Gasteiger partial charge in [-0.25, -0.2) is 4.79 Å². The second-order valence-corrected chi connectivity index (χ2v) is 5.29. The lowest BCUT2D eigenvalue weighted by molar-refractivity contribution is 0.0104. The highest BCUT2D eigenvalue weighted by Crippen LogP contribution is 2.14. The summed E-state index contributed by atoms with van der Waals surface area (Å²) in [6, 6.07) is 0.546. The predicted molar refractivity (Wildman–Crippen MR) is 59.9 cm³/mol. The van der Waals surface area contributed by atoms with E-state index < -0.39 is 5.60 Å². The van der Waals surface area contributed by atoms with Crippen molar-refractivity contribution in [3.05, 3.63) is 0 Å². The minimum Gasteiger partial charge on any atom is -0.444 e. The average Bonchev–Trinajstić information content (AvgIpc) is 2.06. The Morgan fingerprint density at radius 1 is 1.40 bits per heavy atom. The van der Waals surface area contributed by atoms with E-state index in [2.05, 4.69) is 12.2 Å². The van der Waals surface area contributed by atoms with E-state index in [1.807, 2.05) is 27.7 Å². The Labute approximate surface area is 92.0 Å². The summed E-state index contributed by atoms with van der Waals surface area (Å²) in [6.45, 7) is 11.3. The predicted octanol–water partition coefficient (Wildman–Crippen LogP) is 1.60. The van der Waals surface area contributed by atoms with Crippen molar-refractivity contribution in [3.63, 3.8) is 0 Å². The second-order valence-electron chi connectivity index (χ2n) is 5.29. The van der Waals surface area contributed by atoms with E-state index in [1.54, 1.807) is 4.90 Å². The minimum atomic E-state index is -0.412. The van der Waals surface area contributed by atoms with Crippen LogP contribution in [0.3, 0.4) is 0 Å². The van der Waals surface area contributed by atoms with Crippen molar-refractivity contribution in [2.45, 2.75) is 52.3 Å². The van der Waals surface area contributed by atoms with Gasteiger partial charge in [0.1, 0.15) is 5.60 Å². The van der Waals surface area contributed by atoms with Crippen LogP contribution in [0.15, 0.2) is 0 Å². The molecule has 0 aromatic rings. The van der Waals surface area contributed by atoms with Gasteiger partial charge in [-0.15, -0.1) is 0 Å². The van der Waals surface area contributed by atoms with Gasteiger partial charge in [-0.05, 0) is 34.6 Å². The Hall–Kier alpha value is -0.770. The number of nitrogens with zero attached hydrogens (tertiary/aromatic N) is 1. The molecule has 0 aromatic carbocycles. The maximum atomic E-state index is 11.8. The van der Waals surface area contributed by atoms with Crippen LogP contribution in [0.5, 0.6) is 0 Å². The van der Waals surface area contributed by atoms with Crippen LogP contribution >= 0.6 is 0 Å². The molecule has 1 heterocycles. The number of amides is 1.